The average molecular weight is 276 g/mol. The fourth-order valence-corrected chi connectivity index (χ4v) is 2.16. The molecule has 18 heavy (non-hydrogen) atoms. The first-order valence-corrected chi connectivity index (χ1v) is 5.68. The van der Waals surface area contributed by atoms with Crippen LogP contribution in [0, 0.1) is 5.92 Å². The molecule has 1 aliphatic heterocycles. The van der Waals surface area contributed by atoms with Crippen molar-refractivity contribution in [1.29, 1.82) is 0 Å². The maximum Gasteiger partial charge on any atom is 0.455 e. The zero-order chi connectivity index (χ0) is 14.1. The molecule has 0 saturated carbocycles. The van der Waals surface area contributed by atoms with Crippen LogP contribution in [0.5, 0.6) is 0 Å². The summed E-state index contributed by atoms with van der Waals surface area (Å²) in [5.41, 5.74) is 5.08. The monoisotopic (exact) mass is 276 g/mol. The van der Waals surface area contributed by atoms with Crippen molar-refractivity contribution < 1.29 is 27.1 Å². The molecule has 3 atom stereocenters. The van der Waals surface area contributed by atoms with Gasteiger partial charge in [0.15, 0.2) is 0 Å². The highest BCUT2D eigenvalue weighted by molar-refractivity contribution is 4.94. The maximum atomic E-state index is 13.3. The van der Waals surface area contributed by atoms with Crippen molar-refractivity contribution in [3.63, 3.8) is 0 Å². The summed E-state index contributed by atoms with van der Waals surface area (Å²) < 4.78 is 63.5. The molecule has 0 aromatic rings. The Bertz CT molecular complexity index is 284. The number of halogens is 5. The van der Waals surface area contributed by atoms with Gasteiger partial charge in [-0.25, -0.2) is 0 Å². The second kappa shape index (κ2) is 5.26. The third-order valence-electron chi connectivity index (χ3n) is 3.35. The number of aliphatic hydroxyl groups excluding tert-OH is 1. The first-order chi connectivity index (χ1) is 8.11. The number of likely N-dealkylation sites (tertiary alicyclic amines) is 1. The van der Waals surface area contributed by atoms with E-state index in [-0.39, 0.29) is 25.4 Å². The van der Waals surface area contributed by atoms with Crippen LogP contribution in [-0.2, 0) is 0 Å². The quantitative estimate of drug-likeness (QED) is 0.762. The lowest BCUT2D eigenvalue weighted by Gasteiger charge is -2.42. The summed E-state index contributed by atoms with van der Waals surface area (Å²) in [6.07, 6.45) is -6.11. The van der Waals surface area contributed by atoms with Gasteiger partial charge in [-0.1, -0.05) is 6.92 Å². The average Bonchev–Trinajstić information content (AvgIpc) is 2.22. The van der Waals surface area contributed by atoms with E-state index in [9.17, 15) is 27.1 Å². The SMILES string of the molecule is CC1CN(C(CN)C(F)(F)C(F)(F)F)CCC1O. The lowest BCUT2D eigenvalue weighted by molar-refractivity contribution is -0.304. The molecule has 0 aromatic heterocycles. The van der Waals surface area contributed by atoms with Crippen LogP contribution in [0.3, 0.4) is 0 Å². The summed E-state index contributed by atoms with van der Waals surface area (Å²) in [4.78, 5) is 1.02. The molecule has 1 rings (SSSR count). The van der Waals surface area contributed by atoms with Gasteiger partial charge in [0.2, 0.25) is 0 Å². The van der Waals surface area contributed by atoms with Gasteiger partial charge in [-0.3, -0.25) is 4.90 Å². The van der Waals surface area contributed by atoms with Crippen molar-refractivity contribution in [2.75, 3.05) is 19.6 Å². The summed E-state index contributed by atoms with van der Waals surface area (Å²) in [6.45, 7) is 0.791. The number of nitrogens with zero attached hydrogens (tertiary/aromatic N) is 1. The normalized spacial score (nSPS) is 29.3. The summed E-state index contributed by atoms with van der Waals surface area (Å²) in [5.74, 6) is -5.19. The van der Waals surface area contributed by atoms with Crippen LogP contribution in [0.25, 0.3) is 0 Å². The molecule has 8 heteroatoms. The van der Waals surface area contributed by atoms with Crippen LogP contribution in [0.4, 0.5) is 22.0 Å². The topological polar surface area (TPSA) is 49.5 Å². The minimum Gasteiger partial charge on any atom is -0.393 e. The Kier molecular flexibility index (Phi) is 4.56. The molecule has 0 radical (unpaired) electrons. The molecule has 1 fully saturated rings. The Balaban J connectivity index is 2.84. The van der Waals surface area contributed by atoms with Crippen molar-refractivity contribution in [3.05, 3.63) is 0 Å². The van der Waals surface area contributed by atoms with Crippen molar-refractivity contribution in [3.8, 4) is 0 Å². The van der Waals surface area contributed by atoms with Crippen LogP contribution in [0.15, 0.2) is 0 Å². The smallest absolute Gasteiger partial charge is 0.393 e. The third kappa shape index (κ3) is 2.92. The summed E-state index contributed by atoms with van der Waals surface area (Å²) >= 11 is 0. The van der Waals surface area contributed by atoms with Crippen LogP contribution < -0.4 is 5.73 Å². The van der Waals surface area contributed by atoms with Crippen LogP contribution in [0.2, 0.25) is 0 Å². The lowest BCUT2D eigenvalue weighted by atomic mass is 9.94. The van der Waals surface area contributed by atoms with Gasteiger partial charge in [-0.2, -0.15) is 22.0 Å². The number of aliphatic hydroxyl groups is 1. The van der Waals surface area contributed by atoms with Crippen LogP contribution in [-0.4, -0.2) is 53.9 Å². The van der Waals surface area contributed by atoms with Crippen molar-refractivity contribution in [2.24, 2.45) is 11.7 Å². The van der Waals surface area contributed by atoms with Crippen LogP contribution >= 0.6 is 0 Å². The fourth-order valence-electron chi connectivity index (χ4n) is 2.16. The van der Waals surface area contributed by atoms with E-state index in [0.29, 0.717) is 0 Å². The molecule has 108 valence electrons. The molecule has 0 aliphatic carbocycles. The summed E-state index contributed by atoms with van der Waals surface area (Å²) in [5, 5.41) is 9.44. The van der Waals surface area contributed by atoms with Crippen LogP contribution in [0.1, 0.15) is 13.3 Å². The number of nitrogens with two attached hydrogens (primary N) is 1. The van der Waals surface area contributed by atoms with E-state index in [0.717, 1.165) is 4.90 Å². The number of alkyl halides is 5. The number of piperidine rings is 1. The van der Waals surface area contributed by atoms with Gasteiger partial charge in [0.05, 0.1) is 12.1 Å². The molecular formula is C10H17F5N2O. The van der Waals surface area contributed by atoms with Crippen molar-refractivity contribution in [1.82, 2.24) is 4.90 Å². The highest BCUT2D eigenvalue weighted by Crippen LogP contribution is 2.40. The minimum absolute atomic E-state index is 0.0148. The predicted molar refractivity (Wildman–Crippen MR) is 55.2 cm³/mol. The van der Waals surface area contributed by atoms with Crippen molar-refractivity contribution in [2.45, 2.75) is 37.6 Å². The van der Waals surface area contributed by atoms with E-state index in [1.54, 1.807) is 6.92 Å². The standard InChI is InChI=1S/C10H17F5N2O/c1-6-5-17(3-2-7(6)18)8(4-16)9(11,12)10(13,14)15/h6-8,18H,2-5,16H2,1H3. The zero-order valence-corrected chi connectivity index (χ0v) is 9.92. The molecular weight excluding hydrogens is 259 g/mol. The second-order valence-corrected chi connectivity index (χ2v) is 4.70. The van der Waals surface area contributed by atoms with Gasteiger partial charge in [-0.05, 0) is 12.3 Å². The molecule has 1 saturated heterocycles. The Morgan fingerprint density at radius 2 is 1.89 bits per heavy atom. The number of rotatable bonds is 3. The first-order valence-electron chi connectivity index (χ1n) is 5.68. The van der Waals surface area contributed by atoms with Gasteiger partial charge >= 0.3 is 12.1 Å². The van der Waals surface area contributed by atoms with E-state index < -0.39 is 30.8 Å². The Labute approximate surface area is 102 Å². The molecule has 0 aromatic carbocycles. The van der Waals surface area contributed by atoms with Gasteiger partial charge in [0, 0.05) is 19.6 Å². The Morgan fingerprint density at radius 3 is 2.28 bits per heavy atom. The molecule has 0 bridgehead atoms. The van der Waals surface area contributed by atoms with Gasteiger partial charge in [-0.15, -0.1) is 0 Å². The number of hydrogen-bond donors (Lipinski definition) is 2. The summed E-state index contributed by atoms with van der Waals surface area (Å²) in [6, 6.07) is -2.08. The highest BCUT2D eigenvalue weighted by atomic mass is 19.4. The largest absolute Gasteiger partial charge is 0.455 e. The molecule has 1 aliphatic rings. The maximum absolute atomic E-state index is 13.3. The lowest BCUT2D eigenvalue weighted by Crippen LogP contribution is -2.61. The molecule has 3 unspecified atom stereocenters. The third-order valence-corrected chi connectivity index (χ3v) is 3.35. The second-order valence-electron chi connectivity index (χ2n) is 4.70. The van der Waals surface area contributed by atoms with Gasteiger partial charge in [0.1, 0.15) is 0 Å². The van der Waals surface area contributed by atoms with E-state index >= 15 is 0 Å². The van der Waals surface area contributed by atoms with E-state index in [1.807, 2.05) is 0 Å². The first kappa shape index (κ1) is 15.6. The van der Waals surface area contributed by atoms with E-state index in [1.165, 1.54) is 0 Å². The van der Waals surface area contributed by atoms with Gasteiger partial charge in [0.25, 0.3) is 0 Å². The molecule has 1 heterocycles. The Morgan fingerprint density at radius 1 is 1.33 bits per heavy atom. The Hall–Kier alpha value is -0.470. The van der Waals surface area contributed by atoms with E-state index in [2.05, 4.69) is 0 Å². The predicted octanol–water partition coefficient (Wildman–Crippen LogP) is 1.21. The molecule has 3 N–H and O–H groups in total. The molecule has 3 nitrogen and oxygen atoms in total. The molecule has 0 amide bonds. The van der Waals surface area contributed by atoms with Crippen molar-refractivity contribution >= 4 is 0 Å². The zero-order valence-electron chi connectivity index (χ0n) is 9.92. The summed E-state index contributed by atoms with van der Waals surface area (Å²) in [7, 11) is 0. The molecule has 0 spiro atoms. The highest BCUT2D eigenvalue weighted by Gasteiger charge is 2.63. The van der Waals surface area contributed by atoms with E-state index in [4.69, 9.17) is 5.73 Å². The fraction of sp³-hybridized carbons (Fsp3) is 1.00. The van der Waals surface area contributed by atoms with Gasteiger partial charge < -0.3 is 10.8 Å². The minimum atomic E-state index is -5.61. The number of hydrogen-bond acceptors (Lipinski definition) is 3.